The highest BCUT2D eigenvalue weighted by Crippen LogP contribution is 2.35. The van der Waals surface area contributed by atoms with Crippen molar-refractivity contribution in [1.82, 2.24) is 20.3 Å². The summed E-state index contributed by atoms with van der Waals surface area (Å²) in [5.74, 6) is 2.04. The van der Waals surface area contributed by atoms with Crippen LogP contribution in [0.2, 0.25) is 0 Å². The van der Waals surface area contributed by atoms with Gasteiger partial charge >= 0.3 is 0 Å². The van der Waals surface area contributed by atoms with Crippen molar-refractivity contribution < 1.29 is 10.2 Å². The molecule has 0 radical (unpaired) electrons. The van der Waals surface area contributed by atoms with Crippen LogP contribution >= 0.6 is 0 Å². The summed E-state index contributed by atoms with van der Waals surface area (Å²) in [5.41, 5.74) is 0.400. The van der Waals surface area contributed by atoms with Crippen molar-refractivity contribution in [3.63, 3.8) is 0 Å². The molecule has 0 bridgehead atoms. The van der Waals surface area contributed by atoms with Crippen LogP contribution in [0, 0.1) is 5.92 Å². The van der Waals surface area contributed by atoms with Gasteiger partial charge in [0.25, 0.3) is 0 Å². The van der Waals surface area contributed by atoms with Crippen LogP contribution < -0.4 is 21.3 Å². The number of aliphatic hydroxyl groups is 2. The van der Waals surface area contributed by atoms with Gasteiger partial charge in [-0.1, -0.05) is 12.8 Å². The minimum atomic E-state index is -0.00184. The molecule has 166 valence electrons. The topological polar surface area (TPSA) is 127 Å². The minimum Gasteiger partial charge on any atom is -0.395 e. The smallest absolute Gasteiger partial charge is 0.229 e. The molecule has 2 rings (SSSR count). The Morgan fingerprint density at radius 3 is 1.69 bits per heavy atom. The number of anilines is 3. The van der Waals surface area contributed by atoms with E-state index in [-0.39, 0.29) is 24.3 Å². The fourth-order valence-corrected chi connectivity index (χ4v) is 4.44. The number of hydrogen-bond donors (Lipinski definition) is 6. The summed E-state index contributed by atoms with van der Waals surface area (Å²) in [6, 6.07) is 0. The van der Waals surface area contributed by atoms with Gasteiger partial charge in [-0.15, -0.1) is 0 Å². The summed E-state index contributed by atoms with van der Waals surface area (Å²) in [6.07, 6.45) is 5.89. The number of nitrogens with zero attached hydrogens (tertiary/aromatic N) is 3. The van der Waals surface area contributed by atoms with E-state index in [1.165, 1.54) is 25.7 Å². The third-order valence-corrected chi connectivity index (χ3v) is 5.02. The van der Waals surface area contributed by atoms with E-state index in [2.05, 4.69) is 63.9 Å². The van der Waals surface area contributed by atoms with Crippen LogP contribution in [-0.4, -0.2) is 69.1 Å². The molecule has 0 spiro atoms. The number of unbranched alkanes of at least 4 members (excludes halogenated alkanes) is 1. The number of piperidine rings is 1. The lowest BCUT2D eigenvalue weighted by Gasteiger charge is -2.46. The second kappa shape index (κ2) is 10.9. The van der Waals surface area contributed by atoms with E-state index >= 15 is 0 Å². The van der Waals surface area contributed by atoms with Crippen molar-refractivity contribution in [2.75, 3.05) is 48.8 Å². The number of aromatic nitrogens is 3. The van der Waals surface area contributed by atoms with Crippen LogP contribution in [0.5, 0.6) is 0 Å². The Hall–Kier alpha value is -1.71. The summed E-state index contributed by atoms with van der Waals surface area (Å²) < 4.78 is 0. The predicted molar refractivity (Wildman–Crippen MR) is 117 cm³/mol. The molecule has 0 amide bonds. The van der Waals surface area contributed by atoms with E-state index in [0.29, 0.717) is 30.9 Å². The van der Waals surface area contributed by atoms with Gasteiger partial charge in [0, 0.05) is 30.7 Å². The van der Waals surface area contributed by atoms with Gasteiger partial charge in [0.15, 0.2) is 0 Å². The number of rotatable bonds is 12. The summed E-state index contributed by atoms with van der Waals surface area (Å²) in [5, 5.41) is 30.9. The number of nitrogens with one attached hydrogen (secondary N) is 4. The molecular formula is C20H39N7O2. The van der Waals surface area contributed by atoms with Gasteiger partial charge in [-0.25, -0.2) is 0 Å². The fraction of sp³-hybridized carbons (Fsp3) is 0.850. The molecule has 0 atom stereocenters. The first-order valence-corrected chi connectivity index (χ1v) is 10.7. The van der Waals surface area contributed by atoms with Crippen molar-refractivity contribution in [2.45, 2.75) is 70.9 Å². The minimum absolute atomic E-state index is 0.00184. The quantitative estimate of drug-likeness (QED) is 0.286. The van der Waals surface area contributed by atoms with E-state index in [4.69, 9.17) is 10.2 Å². The molecule has 9 heteroatoms. The van der Waals surface area contributed by atoms with Crippen LogP contribution in [0.3, 0.4) is 0 Å². The van der Waals surface area contributed by atoms with Gasteiger partial charge in [0.05, 0.1) is 13.2 Å². The zero-order valence-corrected chi connectivity index (χ0v) is 18.4. The first-order valence-electron chi connectivity index (χ1n) is 10.7. The summed E-state index contributed by atoms with van der Waals surface area (Å²) >= 11 is 0. The molecule has 0 aliphatic carbocycles. The van der Waals surface area contributed by atoms with E-state index in [9.17, 15) is 0 Å². The third-order valence-electron chi connectivity index (χ3n) is 5.02. The molecule has 1 fully saturated rings. The van der Waals surface area contributed by atoms with Crippen LogP contribution in [0.4, 0.5) is 17.8 Å². The zero-order valence-electron chi connectivity index (χ0n) is 18.4. The average Bonchev–Trinajstić information content (AvgIpc) is 2.62. The summed E-state index contributed by atoms with van der Waals surface area (Å²) in [7, 11) is 0. The standard InChI is InChI=1S/C20H39N7O2/c1-19(2)13-15(14-20(3,4)27-19)7-5-6-8-21-16-24-17(22-9-11-28)26-18(25-16)23-10-12-29/h15,27-29H,5-14H2,1-4H3,(H3,21,22,23,24,25,26). The largest absolute Gasteiger partial charge is 0.395 e. The van der Waals surface area contributed by atoms with E-state index in [0.717, 1.165) is 18.9 Å². The molecule has 1 aliphatic rings. The van der Waals surface area contributed by atoms with E-state index in [1.54, 1.807) is 0 Å². The molecule has 1 saturated heterocycles. The molecule has 0 unspecified atom stereocenters. The second-order valence-electron chi connectivity index (χ2n) is 9.20. The van der Waals surface area contributed by atoms with Gasteiger partial charge in [-0.05, 0) is 52.9 Å². The van der Waals surface area contributed by atoms with Gasteiger partial charge in [-0.2, -0.15) is 15.0 Å². The first-order chi connectivity index (χ1) is 13.7. The maximum absolute atomic E-state index is 8.98. The highest BCUT2D eigenvalue weighted by molar-refractivity contribution is 5.42. The monoisotopic (exact) mass is 409 g/mol. The third kappa shape index (κ3) is 8.67. The lowest BCUT2D eigenvalue weighted by Crippen LogP contribution is -2.57. The lowest BCUT2D eigenvalue weighted by molar-refractivity contribution is 0.122. The summed E-state index contributed by atoms with van der Waals surface area (Å²) in [6.45, 7) is 10.7. The Morgan fingerprint density at radius 2 is 1.24 bits per heavy atom. The number of aliphatic hydroxyl groups excluding tert-OH is 2. The molecule has 1 aliphatic heterocycles. The Kier molecular flexibility index (Phi) is 8.85. The molecule has 9 nitrogen and oxygen atoms in total. The number of hydrogen-bond acceptors (Lipinski definition) is 9. The summed E-state index contributed by atoms with van der Waals surface area (Å²) in [4.78, 5) is 12.9. The average molecular weight is 410 g/mol. The van der Waals surface area contributed by atoms with Crippen LogP contribution in [0.15, 0.2) is 0 Å². The molecule has 0 saturated carbocycles. The Labute approximate surface area is 174 Å². The highest BCUT2D eigenvalue weighted by Gasteiger charge is 2.37. The van der Waals surface area contributed by atoms with Gasteiger partial charge in [0.2, 0.25) is 17.8 Å². The van der Waals surface area contributed by atoms with Crippen molar-refractivity contribution >= 4 is 17.8 Å². The van der Waals surface area contributed by atoms with Crippen LogP contribution in [0.25, 0.3) is 0 Å². The second-order valence-corrected chi connectivity index (χ2v) is 9.20. The maximum Gasteiger partial charge on any atom is 0.229 e. The van der Waals surface area contributed by atoms with Crippen molar-refractivity contribution in [3.8, 4) is 0 Å². The highest BCUT2D eigenvalue weighted by atomic mass is 16.3. The van der Waals surface area contributed by atoms with Gasteiger partial charge in [-0.3, -0.25) is 0 Å². The molecular weight excluding hydrogens is 370 g/mol. The van der Waals surface area contributed by atoms with Gasteiger partial charge in [0.1, 0.15) is 0 Å². The van der Waals surface area contributed by atoms with Crippen molar-refractivity contribution in [3.05, 3.63) is 0 Å². The first kappa shape index (κ1) is 23.6. The molecule has 29 heavy (non-hydrogen) atoms. The van der Waals surface area contributed by atoms with Crippen LogP contribution in [0.1, 0.15) is 59.8 Å². The zero-order chi connectivity index (χ0) is 21.3. The molecule has 1 aromatic heterocycles. The van der Waals surface area contributed by atoms with Crippen molar-refractivity contribution in [1.29, 1.82) is 0 Å². The maximum atomic E-state index is 8.98. The Balaban J connectivity index is 1.80. The van der Waals surface area contributed by atoms with E-state index in [1.807, 2.05) is 0 Å². The van der Waals surface area contributed by atoms with Gasteiger partial charge < -0.3 is 31.5 Å². The van der Waals surface area contributed by atoms with Crippen molar-refractivity contribution in [2.24, 2.45) is 5.92 Å². The Bertz CT molecular complexity index is 583. The predicted octanol–water partition coefficient (Wildman–Crippen LogP) is 1.82. The van der Waals surface area contributed by atoms with Crippen LogP contribution in [-0.2, 0) is 0 Å². The fourth-order valence-electron chi connectivity index (χ4n) is 4.44. The SMILES string of the molecule is CC1(C)CC(CCCCNc2nc(NCCO)nc(NCCO)n2)CC(C)(C)N1. The molecule has 1 aromatic rings. The lowest BCUT2D eigenvalue weighted by atomic mass is 9.74. The normalized spacial score (nSPS) is 18.4. The molecule has 6 N–H and O–H groups in total. The van der Waals surface area contributed by atoms with E-state index < -0.39 is 0 Å². The molecule has 2 heterocycles. The Morgan fingerprint density at radius 1 is 0.793 bits per heavy atom. The molecule has 0 aromatic carbocycles.